The predicted octanol–water partition coefficient (Wildman–Crippen LogP) is 1.29. The first-order valence-corrected chi connectivity index (χ1v) is 6.43. The molecule has 1 N–H and O–H groups in total. The number of likely N-dealkylation sites (tertiary alicyclic amines) is 1. The van der Waals surface area contributed by atoms with Crippen LogP contribution in [0.5, 0.6) is 0 Å². The molecule has 2 fully saturated rings. The Morgan fingerprint density at radius 2 is 1.95 bits per heavy atom. The van der Waals surface area contributed by atoms with Gasteiger partial charge in [0.1, 0.15) is 17.4 Å². The van der Waals surface area contributed by atoms with Gasteiger partial charge in [-0.2, -0.15) is 0 Å². The lowest BCUT2D eigenvalue weighted by molar-refractivity contribution is -0.143. The molecule has 1 heterocycles. The number of carboxylic acids is 1. The van der Waals surface area contributed by atoms with Crippen molar-refractivity contribution in [3.05, 3.63) is 0 Å². The number of ketones is 1. The zero-order valence-electron chi connectivity index (χ0n) is 11.4. The summed E-state index contributed by atoms with van der Waals surface area (Å²) in [6.45, 7) is 5.51. The van der Waals surface area contributed by atoms with Gasteiger partial charge in [0.05, 0.1) is 0 Å². The molecule has 0 unspecified atom stereocenters. The quantitative estimate of drug-likeness (QED) is 0.775. The average Bonchev–Trinajstić information content (AvgIpc) is 2.69. The molecular formula is C13H19NO5. The number of Topliss-reactive ketones (excluding diaryl/α,β-unsaturated/α-hetero) is 1. The van der Waals surface area contributed by atoms with Gasteiger partial charge in [0, 0.05) is 25.3 Å². The Kier molecular flexibility index (Phi) is 3.28. The highest BCUT2D eigenvalue weighted by Crippen LogP contribution is 2.41. The first-order chi connectivity index (χ1) is 8.69. The molecular weight excluding hydrogens is 250 g/mol. The minimum atomic E-state index is -1.06. The molecule has 2 rings (SSSR count). The van der Waals surface area contributed by atoms with E-state index in [2.05, 4.69) is 0 Å². The number of hydrogen-bond donors (Lipinski definition) is 1. The third-order valence-corrected chi connectivity index (χ3v) is 3.61. The molecule has 19 heavy (non-hydrogen) atoms. The van der Waals surface area contributed by atoms with E-state index in [-0.39, 0.29) is 24.0 Å². The zero-order valence-corrected chi connectivity index (χ0v) is 11.4. The lowest BCUT2D eigenvalue weighted by Gasteiger charge is -2.28. The van der Waals surface area contributed by atoms with Gasteiger partial charge in [-0.25, -0.2) is 9.59 Å². The van der Waals surface area contributed by atoms with Crippen molar-refractivity contribution in [1.29, 1.82) is 0 Å². The molecule has 0 spiro atoms. The molecule has 6 heteroatoms. The van der Waals surface area contributed by atoms with Crippen molar-refractivity contribution < 1.29 is 24.2 Å². The van der Waals surface area contributed by atoms with Crippen molar-refractivity contribution >= 4 is 17.8 Å². The summed E-state index contributed by atoms with van der Waals surface area (Å²) in [7, 11) is 0. The Bertz CT molecular complexity index is 425. The van der Waals surface area contributed by atoms with Crippen LogP contribution in [0.4, 0.5) is 4.79 Å². The van der Waals surface area contributed by atoms with Crippen LogP contribution in [0.2, 0.25) is 0 Å². The summed E-state index contributed by atoms with van der Waals surface area (Å²) in [5.74, 6) is -1.28. The lowest BCUT2D eigenvalue weighted by atomic mass is 9.94. The normalized spacial score (nSPS) is 30.4. The fourth-order valence-electron chi connectivity index (χ4n) is 2.95. The molecule has 0 bridgehead atoms. The summed E-state index contributed by atoms with van der Waals surface area (Å²) >= 11 is 0. The van der Waals surface area contributed by atoms with Crippen LogP contribution in [0.25, 0.3) is 0 Å². The highest BCUT2D eigenvalue weighted by Gasteiger charge is 2.52. The van der Waals surface area contributed by atoms with Gasteiger partial charge in [-0.1, -0.05) is 0 Å². The second-order valence-corrected chi connectivity index (χ2v) is 6.29. The van der Waals surface area contributed by atoms with Crippen LogP contribution in [0.1, 0.15) is 33.6 Å². The third kappa shape index (κ3) is 2.72. The molecule has 0 aromatic heterocycles. The molecule has 1 amide bonds. The highest BCUT2D eigenvalue weighted by molar-refractivity contribution is 5.87. The average molecular weight is 269 g/mol. The summed E-state index contributed by atoms with van der Waals surface area (Å²) in [4.78, 5) is 36.1. The van der Waals surface area contributed by atoms with E-state index in [1.807, 2.05) is 0 Å². The van der Waals surface area contributed by atoms with Crippen molar-refractivity contribution in [2.24, 2.45) is 11.8 Å². The lowest BCUT2D eigenvalue weighted by Crippen LogP contribution is -2.45. The van der Waals surface area contributed by atoms with Gasteiger partial charge in [-0.15, -0.1) is 0 Å². The Hall–Kier alpha value is -1.59. The second-order valence-electron chi connectivity index (χ2n) is 6.29. The van der Waals surface area contributed by atoms with Crippen LogP contribution in [0.3, 0.4) is 0 Å². The SMILES string of the molecule is CC(C)(C)OC(=O)N1C[C@@H]2CC(=O)C[C@@H]2[C@@H]1C(=O)O. The predicted molar refractivity (Wildman–Crippen MR) is 65.6 cm³/mol. The Labute approximate surface area is 111 Å². The summed E-state index contributed by atoms with van der Waals surface area (Å²) in [5, 5.41) is 9.30. The molecule has 2 aliphatic rings. The number of nitrogens with zero attached hydrogens (tertiary/aromatic N) is 1. The first-order valence-electron chi connectivity index (χ1n) is 6.43. The smallest absolute Gasteiger partial charge is 0.411 e. The molecule has 1 aliphatic carbocycles. The van der Waals surface area contributed by atoms with Gasteiger partial charge in [0.25, 0.3) is 0 Å². The number of ether oxygens (including phenoxy) is 1. The van der Waals surface area contributed by atoms with Crippen molar-refractivity contribution in [2.45, 2.75) is 45.3 Å². The maximum atomic E-state index is 12.0. The van der Waals surface area contributed by atoms with Gasteiger partial charge in [-0.05, 0) is 26.7 Å². The van der Waals surface area contributed by atoms with Crippen LogP contribution in [-0.4, -0.2) is 46.0 Å². The van der Waals surface area contributed by atoms with Gasteiger partial charge in [-0.3, -0.25) is 9.69 Å². The molecule has 1 saturated heterocycles. The van der Waals surface area contributed by atoms with Crippen molar-refractivity contribution in [3.8, 4) is 0 Å². The molecule has 1 saturated carbocycles. The van der Waals surface area contributed by atoms with Crippen LogP contribution >= 0.6 is 0 Å². The summed E-state index contributed by atoms with van der Waals surface area (Å²) in [5.41, 5.74) is -0.659. The Balaban J connectivity index is 2.16. The van der Waals surface area contributed by atoms with Crippen molar-refractivity contribution in [1.82, 2.24) is 4.90 Å². The number of fused-ring (bicyclic) bond motifs is 1. The van der Waals surface area contributed by atoms with E-state index in [1.54, 1.807) is 20.8 Å². The fourth-order valence-corrected chi connectivity index (χ4v) is 2.95. The van der Waals surface area contributed by atoms with Gasteiger partial charge in [0.2, 0.25) is 0 Å². The minimum absolute atomic E-state index is 0.0406. The summed E-state index contributed by atoms with van der Waals surface area (Å²) in [6.07, 6.45) is 0.0102. The maximum absolute atomic E-state index is 12.0. The molecule has 0 radical (unpaired) electrons. The monoisotopic (exact) mass is 269 g/mol. The Morgan fingerprint density at radius 1 is 1.32 bits per heavy atom. The van der Waals surface area contributed by atoms with Crippen molar-refractivity contribution in [2.75, 3.05) is 6.54 Å². The van der Waals surface area contributed by atoms with E-state index in [0.29, 0.717) is 13.0 Å². The molecule has 0 aromatic carbocycles. The number of carboxylic acid groups (broad SMARTS) is 1. The van der Waals surface area contributed by atoms with Gasteiger partial charge in [0.15, 0.2) is 0 Å². The van der Waals surface area contributed by atoms with Crippen LogP contribution in [0.15, 0.2) is 0 Å². The number of carbonyl (C=O) groups excluding carboxylic acids is 2. The third-order valence-electron chi connectivity index (χ3n) is 3.61. The van der Waals surface area contributed by atoms with E-state index in [1.165, 1.54) is 4.90 Å². The van der Waals surface area contributed by atoms with Crippen molar-refractivity contribution in [3.63, 3.8) is 0 Å². The minimum Gasteiger partial charge on any atom is -0.480 e. The van der Waals surface area contributed by atoms with E-state index >= 15 is 0 Å². The van der Waals surface area contributed by atoms with E-state index in [9.17, 15) is 19.5 Å². The number of amides is 1. The molecule has 6 nitrogen and oxygen atoms in total. The summed E-state index contributed by atoms with van der Waals surface area (Å²) < 4.78 is 5.23. The topological polar surface area (TPSA) is 83.9 Å². The Morgan fingerprint density at radius 3 is 2.47 bits per heavy atom. The summed E-state index contributed by atoms with van der Waals surface area (Å²) in [6, 6.07) is -0.939. The van der Waals surface area contributed by atoms with Gasteiger partial charge < -0.3 is 9.84 Å². The second kappa shape index (κ2) is 4.51. The molecule has 0 aromatic rings. The fraction of sp³-hybridized carbons (Fsp3) is 0.769. The number of aliphatic carboxylic acids is 1. The van der Waals surface area contributed by atoms with Crippen LogP contribution in [0, 0.1) is 11.8 Å². The van der Waals surface area contributed by atoms with Crippen LogP contribution < -0.4 is 0 Å². The van der Waals surface area contributed by atoms with E-state index < -0.39 is 23.7 Å². The largest absolute Gasteiger partial charge is 0.480 e. The first kappa shape index (κ1) is 13.8. The molecule has 3 atom stereocenters. The van der Waals surface area contributed by atoms with E-state index in [4.69, 9.17) is 4.74 Å². The highest BCUT2D eigenvalue weighted by atomic mass is 16.6. The van der Waals surface area contributed by atoms with Gasteiger partial charge >= 0.3 is 12.1 Å². The number of hydrogen-bond acceptors (Lipinski definition) is 4. The zero-order chi connectivity index (χ0) is 14.4. The van der Waals surface area contributed by atoms with Crippen LogP contribution in [-0.2, 0) is 14.3 Å². The number of rotatable bonds is 1. The van der Waals surface area contributed by atoms with E-state index in [0.717, 1.165) is 0 Å². The number of carbonyl (C=O) groups is 3. The molecule has 1 aliphatic heterocycles. The standard InChI is InChI=1S/C13H19NO5/c1-13(2,3)19-12(18)14-6-7-4-8(15)5-9(7)10(14)11(16)17/h7,9-10H,4-6H2,1-3H3,(H,16,17)/t7-,9-,10+/m0/s1. The molecule has 106 valence electrons. The maximum Gasteiger partial charge on any atom is 0.411 e.